The van der Waals surface area contributed by atoms with E-state index in [2.05, 4.69) is 15.6 Å². The number of carbonyl (C=O) groups excluding carboxylic acids is 2. The minimum atomic E-state index is -0.774. The molecule has 2 heterocycles. The molecule has 9 nitrogen and oxygen atoms in total. The summed E-state index contributed by atoms with van der Waals surface area (Å²) in [4.78, 5) is 28.3. The summed E-state index contributed by atoms with van der Waals surface area (Å²) in [6.07, 6.45) is 0. The molecule has 0 spiro atoms. The smallest absolute Gasteiger partial charge is 0.268 e. The third-order valence-corrected chi connectivity index (χ3v) is 4.94. The lowest BCUT2D eigenvalue weighted by atomic mass is 10.2. The number of aromatic amines is 1. The molecule has 1 unspecified atom stereocenters. The van der Waals surface area contributed by atoms with Gasteiger partial charge in [-0.3, -0.25) is 9.59 Å². The number of carbonyl (C=O) groups is 2. The van der Waals surface area contributed by atoms with Gasteiger partial charge in [0.1, 0.15) is 24.9 Å². The molecule has 1 aliphatic heterocycles. The van der Waals surface area contributed by atoms with Gasteiger partial charge in [0.15, 0.2) is 23.0 Å². The number of amides is 2. The largest absolute Gasteiger partial charge is 0.493 e. The maximum atomic E-state index is 12.7. The topological polar surface area (TPSA) is 111 Å². The second-order valence-electron chi connectivity index (χ2n) is 6.99. The number of anilines is 1. The van der Waals surface area contributed by atoms with Gasteiger partial charge in [0.25, 0.3) is 5.91 Å². The van der Waals surface area contributed by atoms with Crippen LogP contribution in [0.4, 0.5) is 5.69 Å². The second kappa shape index (κ2) is 8.47. The molecule has 2 amide bonds. The lowest BCUT2D eigenvalue weighted by Crippen LogP contribution is -2.41. The van der Waals surface area contributed by atoms with Crippen molar-refractivity contribution in [2.75, 3.05) is 32.8 Å². The van der Waals surface area contributed by atoms with Gasteiger partial charge in [-0.05, 0) is 37.3 Å². The van der Waals surface area contributed by atoms with E-state index < -0.39 is 11.9 Å². The molecule has 0 saturated carbocycles. The van der Waals surface area contributed by atoms with Crippen molar-refractivity contribution in [2.24, 2.45) is 0 Å². The van der Waals surface area contributed by atoms with Crippen molar-refractivity contribution >= 4 is 28.4 Å². The Labute approximate surface area is 178 Å². The van der Waals surface area contributed by atoms with Gasteiger partial charge >= 0.3 is 0 Å². The van der Waals surface area contributed by atoms with E-state index in [0.717, 1.165) is 5.52 Å². The zero-order valence-electron chi connectivity index (χ0n) is 17.4. The molecule has 31 heavy (non-hydrogen) atoms. The van der Waals surface area contributed by atoms with E-state index in [4.69, 9.17) is 18.9 Å². The minimum Gasteiger partial charge on any atom is -0.493 e. The number of H-pyrrole nitrogens is 1. The number of methoxy groups -OCH3 is 2. The molecule has 4 rings (SSSR count). The third-order valence-electron chi connectivity index (χ3n) is 4.94. The van der Waals surface area contributed by atoms with E-state index in [1.807, 2.05) is 0 Å². The van der Waals surface area contributed by atoms with Crippen LogP contribution in [0, 0.1) is 0 Å². The monoisotopic (exact) mass is 425 g/mol. The summed E-state index contributed by atoms with van der Waals surface area (Å²) in [6, 6.07) is 9.59. The molecule has 3 N–H and O–H groups in total. The van der Waals surface area contributed by atoms with E-state index in [0.29, 0.717) is 53.0 Å². The van der Waals surface area contributed by atoms with Crippen molar-refractivity contribution < 1.29 is 28.5 Å². The Hall–Kier alpha value is -3.88. The Bertz CT molecular complexity index is 1140. The van der Waals surface area contributed by atoms with Gasteiger partial charge < -0.3 is 34.6 Å². The molecule has 0 fully saturated rings. The van der Waals surface area contributed by atoms with Crippen LogP contribution >= 0.6 is 0 Å². The molecular weight excluding hydrogens is 402 g/mol. The molecule has 0 radical (unpaired) electrons. The maximum absolute atomic E-state index is 12.7. The van der Waals surface area contributed by atoms with Crippen LogP contribution in [0.3, 0.4) is 0 Å². The molecule has 1 aromatic heterocycles. The lowest BCUT2D eigenvalue weighted by Gasteiger charge is -2.19. The van der Waals surface area contributed by atoms with Crippen LogP contribution < -0.4 is 29.6 Å². The third kappa shape index (κ3) is 4.07. The highest BCUT2D eigenvalue weighted by Crippen LogP contribution is 2.36. The number of benzene rings is 2. The Kier molecular flexibility index (Phi) is 5.57. The fourth-order valence-electron chi connectivity index (χ4n) is 3.36. The van der Waals surface area contributed by atoms with Crippen LogP contribution in [0.5, 0.6) is 23.0 Å². The van der Waals surface area contributed by atoms with E-state index in [1.54, 1.807) is 50.4 Å². The van der Waals surface area contributed by atoms with Crippen molar-refractivity contribution in [1.29, 1.82) is 0 Å². The fraction of sp³-hybridized carbons (Fsp3) is 0.273. The summed E-state index contributed by atoms with van der Waals surface area (Å²) in [5.41, 5.74) is 1.58. The first kappa shape index (κ1) is 20.4. The Morgan fingerprint density at radius 3 is 2.55 bits per heavy atom. The zero-order valence-corrected chi connectivity index (χ0v) is 17.4. The van der Waals surface area contributed by atoms with Crippen molar-refractivity contribution in [3.63, 3.8) is 0 Å². The maximum Gasteiger partial charge on any atom is 0.268 e. The number of rotatable bonds is 6. The highest BCUT2D eigenvalue weighted by molar-refractivity contribution is 6.03. The molecule has 9 heteroatoms. The predicted molar refractivity (Wildman–Crippen MR) is 114 cm³/mol. The highest BCUT2D eigenvalue weighted by atomic mass is 16.6. The summed E-state index contributed by atoms with van der Waals surface area (Å²) in [7, 11) is 3.08. The molecular formula is C22H23N3O6. The number of hydrogen-bond acceptors (Lipinski definition) is 6. The summed E-state index contributed by atoms with van der Waals surface area (Å²) in [5.74, 6) is 1.52. The van der Waals surface area contributed by atoms with Gasteiger partial charge in [0.2, 0.25) is 5.91 Å². The second-order valence-corrected chi connectivity index (χ2v) is 6.99. The van der Waals surface area contributed by atoms with Gasteiger partial charge in [-0.2, -0.15) is 0 Å². The normalized spacial score (nSPS) is 13.4. The molecule has 1 aliphatic rings. The van der Waals surface area contributed by atoms with Crippen LogP contribution in [0.15, 0.2) is 36.4 Å². The summed E-state index contributed by atoms with van der Waals surface area (Å²) >= 11 is 0. The molecule has 2 aromatic carbocycles. The van der Waals surface area contributed by atoms with Crippen molar-refractivity contribution in [1.82, 2.24) is 10.3 Å². The SMILES string of the molecule is COc1ccc2[nH]c(C(=O)NC(C)C(=O)Nc3ccc4c(c3)OCCO4)cc2c1OC. The minimum absolute atomic E-state index is 0.306. The Balaban J connectivity index is 1.45. The van der Waals surface area contributed by atoms with Gasteiger partial charge in [-0.1, -0.05) is 0 Å². The summed E-state index contributed by atoms with van der Waals surface area (Å²) in [6.45, 7) is 2.56. The first-order chi connectivity index (χ1) is 15.0. The summed E-state index contributed by atoms with van der Waals surface area (Å²) < 4.78 is 21.7. The van der Waals surface area contributed by atoms with E-state index in [-0.39, 0.29) is 5.91 Å². The van der Waals surface area contributed by atoms with E-state index in [9.17, 15) is 9.59 Å². The van der Waals surface area contributed by atoms with Crippen LogP contribution in [0.2, 0.25) is 0 Å². The first-order valence-electron chi connectivity index (χ1n) is 9.75. The molecule has 162 valence electrons. The molecule has 3 aromatic rings. The Morgan fingerprint density at radius 2 is 1.81 bits per heavy atom. The predicted octanol–water partition coefficient (Wildman–Crippen LogP) is 2.71. The van der Waals surface area contributed by atoms with Crippen LogP contribution in [0.1, 0.15) is 17.4 Å². The summed E-state index contributed by atoms with van der Waals surface area (Å²) in [5, 5.41) is 6.18. The molecule has 0 bridgehead atoms. The molecule has 0 aliphatic carbocycles. The van der Waals surface area contributed by atoms with E-state index >= 15 is 0 Å². The Morgan fingerprint density at radius 1 is 1.03 bits per heavy atom. The molecule has 0 saturated heterocycles. The number of aromatic nitrogens is 1. The quantitative estimate of drug-likeness (QED) is 0.560. The van der Waals surface area contributed by atoms with Crippen molar-refractivity contribution in [3.05, 3.63) is 42.1 Å². The standard InChI is InChI=1S/C22H23N3O6/c1-12(21(26)24-13-4-6-17-19(10-13)31-9-8-30-17)23-22(27)16-11-14-15(25-16)5-7-18(28-2)20(14)29-3/h4-7,10-12,25H,8-9H2,1-3H3,(H,23,27)(H,24,26). The van der Waals surface area contributed by atoms with Gasteiger partial charge in [-0.15, -0.1) is 0 Å². The molecule has 1 atom stereocenters. The fourth-order valence-corrected chi connectivity index (χ4v) is 3.36. The van der Waals surface area contributed by atoms with Crippen molar-refractivity contribution in [2.45, 2.75) is 13.0 Å². The van der Waals surface area contributed by atoms with Gasteiger partial charge in [0.05, 0.1) is 19.7 Å². The first-order valence-corrected chi connectivity index (χ1v) is 9.75. The number of ether oxygens (including phenoxy) is 4. The zero-order chi connectivity index (χ0) is 22.0. The average Bonchev–Trinajstić information content (AvgIpc) is 3.22. The van der Waals surface area contributed by atoms with Crippen LogP contribution in [-0.4, -0.2) is 50.3 Å². The van der Waals surface area contributed by atoms with Crippen LogP contribution in [0.25, 0.3) is 10.9 Å². The van der Waals surface area contributed by atoms with Gasteiger partial charge in [0, 0.05) is 17.1 Å². The van der Waals surface area contributed by atoms with E-state index in [1.165, 1.54) is 7.11 Å². The van der Waals surface area contributed by atoms with Crippen molar-refractivity contribution in [3.8, 4) is 23.0 Å². The van der Waals surface area contributed by atoms with Crippen LogP contribution in [-0.2, 0) is 4.79 Å². The van der Waals surface area contributed by atoms with Gasteiger partial charge in [-0.25, -0.2) is 0 Å². The number of hydrogen-bond donors (Lipinski definition) is 3. The highest BCUT2D eigenvalue weighted by Gasteiger charge is 2.21. The number of fused-ring (bicyclic) bond motifs is 2. The average molecular weight is 425 g/mol. The number of nitrogens with one attached hydrogen (secondary N) is 3. The lowest BCUT2D eigenvalue weighted by molar-refractivity contribution is -0.117.